The lowest BCUT2D eigenvalue weighted by molar-refractivity contribution is -0.139. The van der Waals surface area contributed by atoms with Crippen molar-refractivity contribution in [1.82, 2.24) is 10.6 Å². The van der Waals surface area contributed by atoms with Gasteiger partial charge in [0.15, 0.2) is 0 Å². The van der Waals surface area contributed by atoms with Gasteiger partial charge in [0.25, 0.3) is 0 Å². The molecular formula is C12H18N4O4S. The molecule has 21 heavy (non-hydrogen) atoms. The van der Waals surface area contributed by atoms with E-state index in [1.807, 2.05) is 0 Å². The Labute approximate surface area is 122 Å². The zero-order valence-electron chi connectivity index (χ0n) is 11.3. The lowest BCUT2D eigenvalue weighted by Gasteiger charge is -2.06. The van der Waals surface area contributed by atoms with Crippen LogP contribution in [0, 0.1) is 0 Å². The number of rotatable bonds is 6. The molecule has 0 spiro atoms. The number of nitrogens with one attached hydrogen (secondary N) is 2. The van der Waals surface area contributed by atoms with E-state index in [-0.39, 0.29) is 24.5 Å². The van der Waals surface area contributed by atoms with Gasteiger partial charge in [0.05, 0.1) is 4.90 Å². The molecule has 0 aliphatic rings. The van der Waals surface area contributed by atoms with Crippen molar-refractivity contribution in [3.63, 3.8) is 0 Å². The fourth-order valence-electron chi connectivity index (χ4n) is 1.51. The molecule has 0 aliphatic carbocycles. The van der Waals surface area contributed by atoms with Crippen LogP contribution in [0.4, 0.5) is 0 Å². The SMILES string of the molecule is NCCNC(=O)C(=O)NCCc1ccc(S(N)(=O)=O)cc1. The Bertz CT molecular complexity index is 598. The summed E-state index contributed by atoms with van der Waals surface area (Å²) in [7, 11) is -3.71. The number of hydrogen-bond donors (Lipinski definition) is 4. The minimum absolute atomic E-state index is 0.0245. The van der Waals surface area contributed by atoms with Gasteiger partial charge in [-0.1, -0.05) is 12.1 Å². The smallest absolute Gasteiger partial charge is 0.309 e. The summed E-state index contributed by atoms with van der Waals surface area (Å²) in [5, 5.41) is 9.78. The fourth-order valence-corrected chi connectivity index (χ4v) is 2.03. The number of sulfonamides is 1. The molecule has 0 atom stereocenters. The molecule has 0 saturated heterocycles. The molecule has 2 amide bonds. The van der Waals surface area contributed by atoms with Crippen molar-refractivity contribution in [2.45, 2.75) is 11.3 Å². The van der Waals surface area contributed by atoms with Crippen molar-refractivity contribution >= 4 is 21.8 Å². The highest BCUT2D eigenvalue weighted by molar-refractivity contribution is 7.89. The van der Waals surface area contributed by atoms with Gasteiger partial charge < -0.3 is 16.4 Å². The monoisotopic (exact) mass is 314 g/mol. The Kier molecular flexibility index (Phi) is 6.28. The first kappa shape index (κ1) is 17.1. The third kappa shape index (κ3) is 5.90. The predicted octanol–water partition coefficient (Wildman–Crippen LogP) is -1.93. The molecule has 0 aromatic heterocycles. The van der Waals surface area contributed by atoms with Gasteiger partial charge in [0.1, 0.15) is 0 Å². The fraction of sp³-hybridized carbons (Fsp3) is 0.333. The van der Waals surface area contributed by atoms with Gasteiger partial charge in [-0.2, -0.15) is 0 Å². The summed E-state index contributed by atoms with van der Waals surface area (Å²) in [5.41, 5.74) is 6.01. The molecule has 0 bridgehead atoms. The normalized spacial score (nSPS) is 11.0. The van der Waals surface area contributed by atoms with Crippen LogP contribution in [0.2, 0.25) is 0 Å². The Balaban J connectivity index is 2.42. The van der Waals surface area contributed by atoms with Crippen LogP contribution < -0.4 is 21.5 Å². The van der Waals surface area contributed by atoms with Crippen molar-refractivity contribution in [2.24, 2.45) is 10.9 Å². The maximum absolute atomic E-state index is 11.4. The standard InChI is InChI=1S/C12H18N4O4S/c13-6-8-16-12(18)11(17)15-7-5-9-1-3-10(4-2-9)21(14,19)20/h1-4H,5-8,13H2,(H,15,17)(H,16,18)(H2,14,19,20). The van der Waals surface area contributed by atoms with Crippen LogP contribution in [0.5, 0.6) is 0 Å². The van der Waals surface area contributed by atoms with Crippen LogP contribution in [0.3, 0.4) is 0 Å². The van der Waals surface area contributed by atoms with Crippen LogP contribution in [-0.2, 0) is 26.0 Å². The summed E-state index contributed by atoms with van der Waals surface area (Å²) in [5.74, 6) is -1.46. The molecule has 1 aromatic carbocycles. The molecule has 0 saturated carbocycles. The number of carbonyl (C=O) groups is 2. The largest absolute Gasteiger partial charge is 0.348 e. The summed E-state index contributed by atoms with van der Waals surface area (Å²) < 4.78 is 22.2. The van der Waals surface area contributed by atoms with Gasteiger partial charge in [-0.05, 0) is 24.1 Å². The molecule has 1 aromatic rings. The second-order valence-electron chi connectivity index (χ2n) is 4.24. The number of nitrogens with two attached hydrogens (primary N) is 2. The van der Waals surface area contributed by atoms with Crippen LogP contribution in [-0.4, -0.2) is 39.9 Å². The predicted molar refractivity (Wildman–Crippen MR) is 76.6 cm³/mol. The van der Waals surface area contributed by atoms with Gasteiger partial charge in [-0.15, -0.1) is 0 Å². The zero-order chi connectivity index (χ0) is 15.9. The third-order valence-electron chi connectivity index (χ3n) is 2.59. The van der Waals surface area contributed by atoms with E-state index in [0.29, 0.717) is 6.42 Å². The van der Waals surface area contributed by atoms with Gasteiger partial charge in [0, 0.05) is 19.6 Å². The maximum atomic E-state index is 11.4. The third-order valence-corrected chi connectivity index (χ3v) is 3.52. The van der Waals surface area contributed by atoms with E-state index >= 15 is 0 Å². The second-order valence-corrected chi connectivity index (χ2v) is 5.80. The maximum Gasteiger partial charge on any atom is 0.309 e. The summed E-state index contributed by atoms with van der Waals surface area (Å²) in [6.07, 6.45) is 0.459. The molecule has 0 heterocycles. The Morgan fingerprint density at radius 2 is 1.52 bits per heavy atom. The average molecular weight is 314 g/mol. The lowest BCUT2D eigenvalue weighted by Crippen LogP contribution is -2.42. The molecule has 6 N–H and O–H groups in total. The van der Waals surface area contributed by atoms with Gasteiger partial charge >= 0.3 is 11.8 Å². The van der Waals surface area contributed by atoms with Crippen LogP contribution in [0.15, 0.2) is 29.2 Å². The number of amides is 2. The summed E-state index contributed by atoms with van der Waals surface area (Å²) in [6.45, 7) is 0.750. The van der Waals surface area contributed by atoms with E-state index in [0.717, 1.165) is 5.56 Å². The number of carbonyl (C=O) groups excluding carboxylic acids is 2. The first-order valence-electron chi connectivity index (χ1n) is 6.22. The van der Waals surface area contributed by atoms with Crippen LogP contribution in [0.25, 0.3) is 0 Å². The van der Waals surface area contributed by atoms with Crippen molar-refractivity contribution in [2.75, 3.05) is 19.6 Å². The van der Waals surface area contributed by atoms with E-state index in [1.54, 1.807) is 12.1 Å². The van der Waals surface area contributed by atoms with E-state index in [2.05, 4.69) is 10.6 Å². The van der Waals surface area contributed by atoms with Crippen molar-refractivity contribution < 1.29 is 18.0 Å². The van der Waals surface area contributed by atoms with E-state index in [1.165, 1.54) is 12.1 Å². The molecular weight excluding hydrogens is 296 g/mol. The van der Waals surface area contributed by atoms with Crippen LogP contribution in [0.1, 0.15) is 5.56 Å². The lowest BCUT2D eigenvalue weighted by atomic mass is 10.1. The molecule has 1 rings (SSSR count). The molecule has 116 valence electrons. The first-order valence-corrected chi connectivity index (χ1v) is 7.77. The summed E-state index contributed by atoms with van der Waals surface area (Å²) in [4.78, 5) is 22.6. The highest BCUT2D eigenvalue weighted by atomic mass is 32.2. The van der Waals surface area contributed by atoms with Gasteiger partial charge in [-0.25, -0.2) is 13.6 Å². The highest BCUT2D eigenvalue weighted by Crippen LogP contribution is 2.08. The Morgan fingerprint density at radius 1 is 1.00 bits per heavy atom. The molecule has 0 fully saturated rings. The number of hydrogen-bond acceptors (Lipinski definition) is 5. The number of primary sulfonamides is 1. The van der Waals surface area contributed by atoms with Crippen molar-refractivity contribution in [3.8, 4) is 0 Å². The van der Waals surface area contributed by atoms with E-state index in [9.17, 15) is 18.0 Å². The highest BCUT2D eigenvalue weighted by Gasteiger charge is 2.11. The van der Waals surface area contributed by atoms with Crippen LogP contribution >= 0.6 is 0 Å². The number of benzene rings is 1. The Morgan fingerprint density at radius 3 is 2.00 bits per heavy atom. The average Bonchev–Trinajstić information content (AvgIpc) is 2.44. The van der Waals surface area contributed by atoms with Gasteiger partial charge in [0.2, 0.25) is 10.0 Å². The van der Waals surface area contributed by atoms with Crippen molar-refractivity contribution in [1.29, 1.82) is 0 Å². The van der Waals surface area contributed by atoms with Gasteiger partial charge in [-0.3, -0.25) is 9.59 Å². The summed E-state index contributed by atoms with van der Waals surface area (Å²) >= 11 is 0. The molecule has 9 heteroatoms. The second kappa shape index (κ2) is 7.72. The Hall–Kier alpha value is -1.97. The first-order chi connectivity index (χ1) is 9.84. The quantitative estimate of drug-likeness (QED) is 0.452. The topological polar surface area (TPSA) is 144 Å². The summed E-state index contributed by atoms with van der Waals surface area (Å²) in [6, 6.07) is 5.97. The zero-order valence-corrected chi connectivity index (χ0v) is 12.2. The molecule has 0 aliphatic heterocycles. The molecule has 0 unspecified atom stereocenters. The van der Waals surface area contributed by atoms with E-state index < -0.39 is 21.8 Å². The van der Waals surface area contributed by atoms with Crippen molar-refractivity contribution in [3.05, 3.63) is 29.8 Å². The minimum atomic E-state index is -3.71. The molecule has 8 nitrogen and oxygen atoms in total. The minimum Gasteiger partial charge on any atom is -0.348 e. The molecule has 0 radical (unpaired) electrons. The van der Waals surface area contributed by atoms with E-state index in [4.69, 9.17) is 10.9 Å².